The van der Waals surface area contributed by atoms with Crippen LogP contribution in [0.5, 0.6) is 11.5 Å². The molecule has 3 rings (SSSR count). The maximum absolute atomic E-state index is 11.2. The molecule has 0 saturated heterocycles. The monoisotopic (exact) mass is 411 g/mol. The molecule has 0 amide bonds. The Labute approximate surface area is 175 Å². The van der Waals surface area contributed by atoms with Crippen molar-refractivity contribution >= 4 is 17.5 Å². The average Bonchev–Trinajstić information content (AvgIpc) is 3.16. The number of hydrogen-bond donors (Lipinski definition) is 0. The van der Waals surface area contributed by atoms with Gasteiger partial charge in [-0.25, -0.2) is 0 Å². The van der Waals surface area contributed by atoms with Gasteiger partial charge in [-0.1, -0.05) is 11.8 Å². The first-order valence-corrected chi connectivity index (χ1v) is 10.6. The minimum atomic E-state index is 0.206. The summed E-state index contributed by atoms with van der Waals surface area (Å²) < 4.78 is 12.9. The fourth-order valence-corrected chi connectivity index (χ4v) is 3.76. The van der Waals surface area contributed by atoms with Gasteiger partial charge in [-0.05, 0) is 68.8 Å². The molecule has 0 aliphatic rings. The highest BCUT2D eigenvalue weighted by atomic mass is 32.2. The quantitative estimate of drug-likeness (QED) is 0.353. The van der Waals surface area contributed by atoms with Crippen LogP contribution in [0.4, 0.5) is 0 Å². The number of thioether (sulfide) groups is 1. The third-order valence-electron chi connectivity index (χ3n) is 4.29. The van der Waals surface area contributed by atoms with E-state index in [4.69, 9.17) is 9.47 Å². The molecule has 2 aromatic carbocycles. The molecule has 152 valence electrons. The number of rotatable bonds is 10. The maximum atomic E-state index is 11.2. The number of ether oxygens (including phenoxy) is 2. The molecule has 0 aliphatic heterocycles. The molecular formula is C22H25N3O3S. The minimum absolute atomic E-state index is 0.206. The largest absolute Gasteiger partial charge is 0.497 e. The van der Waals surface area contributed by atoms with Crippen LogP contribution in [-0.4, -0.2) is 40.0 Å². The van der Waals surface area contributed by atoms with Gasteiger partial charge in [0.05, 0.1) is 13.7 Å². The molecule has 7 heteroatoms. The Morgan fingerprint density at radius 3 is 2.34 bits per heavy atom. The molecule has 3 aromatic rings. The van der Waals surface area contributed by atoms with Crippen molar-refractivity contribution in [3.05, 3.63) is 48.5 Å². The molecule has 0 fully saturated rings. The number of ketones is 1. The second-order valence-electron chi connectivity index (χ2n) is 6.45. The Balaban J connectivity index is 1.93. The van der Waals surface area contributed by atoms with Crippen LogP contribution in [0.15, 0.2) is 53.7 Å². The Morgan fingerprint density at radius 1 is 1.03 bits per heavy atom. The lowest BCUT2D eigenvalue weighted by atomic mass is 10.2. The molecule has 1 heterocycles. The van der Waals surface area contributed by atoms with Crippen molar-refractivity contribution in [1.29, 1.82) is 0 Å². The summed E-state index contributed by atoms with van der Waals surface area (Å²) in [4.78, 5) is 11.2. The van der Waals surface area contributed by atoms with Gasteiger partial charge in [-0.3, -0.25) is 4.57 Å². The van der Waals surface area contributed by atoms with E-state index >= 15 is 0 Å². The third-order valence-corrected chi connectivity index (χ3v) is 5.31. The van der Waals surface area contributed by atoms with E-state index in [1.807, 2.05) is 60.0 Å². The van der Waals surface area contributed by atoms with Crippen LogP contribution >= 0.6 is 11.8 Å². The topological polar surface area (TPSA) is 66.2 Å². The molecule has 0 saturated carbocycles. The highest BCUT2D eigenvalue weighted by Crippen LogP contribution is 2.30. The van der Waals surface area contributed by atoms with Crippen LogP contribution in [0.1, 0.15) is 26.7 Å². The summed E-state index contributed by atoms with van der Waals surface area (Å²) in [6, 6.07) is 15.7. The van der Waals surface area contributed by atoms with E-state index < -0.39 is 0 Å². The molecule has 0 N–H and O–H groups in total. The fourth-order valence-electron chi connectivity index (χ4n) is 2.87. The number of Topliss-reactive ketones (excluding diaryl/α,β-unsaturated/α-hetero) is 1. The van der Waals surface area contributed by atoms with Crippen LogP contribution < -0.4 is 9.47 Å². The molecule has 0 atom stereocenters. The van der Waals surface area contributed by atoms with E-state index in [2.05, 4.69) is 10.2 Å². The number of nitrogens with zero attached hydrogens (tertiary/aromatic N) is 3. The summed E-state index contributed by atoms with van der Waals surface area (Å²) in [7, 11) is 1.65. The molecule has 1 aromatic heterocycles. The van der Waals surface area contributed by atoms with Crippen molar-refractivity contribution in [1.82, 2.24) is 14.8 Å². The molecule has 6 nitrogen and oxygen atoms in total. The van der Waals surface area contributed by atoms with Gasteiger partial charge in [-0.2, -0.15) is 0 Å². The van der Waals surface area contributed by atoms with Crippen molar-refractivity contribution in [3.8, 4) is 28.6 Å². The smallest absolute Gasteiger partial charge is 0.196 e. The van der Waals surface area contributed by atoms with E-state index in [0.717, 1.165) is 45.9 Å². The predicted octanol–water partition coefficient (Wildman–Crippen LogP) is 4.80. The van der Waals surface area contributed by atoms with Crippen molar-refractivity contribution in [2.24, 2.45) is 0 Å². The Hall–Kier alpha value is -2.80. The summed E-state index contributed by atoms with van der Waals surface area (Å²) in [5.41, 5.74) is 1.90. The van der Waals surface area contributed by atoms with Crippen LogP contribution in [0, 0.1) is 0 Å². The standard InChI is InChI=1S/C22H25N3O3S/c1-4-28-20-13-9-18(10-14-20)25-21(17-7-11-19(27-3)12-8-17)23-24-22(25)29-15-5-6-16(2)26/h7-14H,4-6,15H2,1-3H3. The van der Waals surface area contributed by atoms with Crippen molar-refractivity contribution in [2.75, 3.05) is 19.5 Å². The highest BCUT2D eigenvalue weighted by molar-refractivity contribution is 7.99. The zero-order chi connectivity index (χ0) is 20.6. The lowest BCUT2D eigenvalue weighted by molar-refractivity contribution is -0.117. The lowest BCUT2D eigenvalue weighted by Crippen LogP contribution is -2.01. The van der Waals surface area contributed by atoms with Crippen molar-refractivity contribution in [3.63, 3.8) is 0 Å². The fraction of sp³-hybridized carbons (Fsp3) is 0.318. The summed E-state index contributed by atoms with van der Waals surface area (Å²) in [6.07, 6.45) is 1.39. The van der Waals surface area contributed by atoms with Crippen LogP contribution in [0.3, 0.4) is 0 Å². The van der Waals surface area contributed by atoms with Crippen LogP contribution in [-0.2, 0) is 4.79 Å². The van der Waals surface area contributed by atoms with E-state index in [0.29, 0.717) is 13.0 Å². The maximum Gasteiger partial charge on any atom is 0.196 e. The first-order valence-electron chi connectivity index (χ1n) is 9.57. The van der Waals surface area contributed by atoms with E-state index in [1.165, 1.54) is 0 Å². The number of hydrogen-bond acceptors (Lipinski definition) is 6. The lowest BCUT2D eigenvalue weighted by Gasteiger charge is -2.12. The second-order valence-corrected chi connectivity index (χ2v) is 7.51. The van der Waals surface area contributed by atoms with Gasteiger partial charge in [0.15, 0.2) is 11.0 Å². The summed E-state index contributed by atoms with van der Waals surface area (Å²) >= 11 is 1.60. The highest BCUT2D eigenvalue weighted by Gasteiger charge is 2.16. The summed E-state index contributed by atoms with van der Waals surface area (Å²) in [5, 5.41) is 9.65. The Kier molecular flexibility index (Phi) is 7.30. The van der Waals surface area contributed by atoms with Gasteiger partial charge in [-0.15, -0.1) is 10.2 Å². The zero-order valence-electron chi connectivity index (χ0n) is 16.9. The Morgan fingerprint density at radius 2 is 1.72 bits per heavy atom. The number of carbonyl (C=O) groups is 1. The average molecular weight is 412 g/mol. The molecule has 29 heavy (non-hydrogen) atoms. The summed E-state index contributed by atoms with van der Waals surface area (Å²) in [6.45, 7) is 4.21. The van der Waals surface area contributed by atoms with Gasteiger partial charge < -0.3 is 14.3 Å². The number of carbonyl (C=O) groups excluding carboxylic acids is 1. The first kappa shape index (κ1) is 20.9. The second kappa shape index (κ2) is 10.1. The first-order chi connectivity index (χ1) is 14.1. The van der Waals surface area contributed by atoms with Gasteiger partial charge in [0.25, 0.3) is 0 Å². The SMILES string of the molecule is CCOc1ccc(-n2c(SCCCC(C)=O)nnc2-c2ccc(OC)cc2)cc1. The van der Waals surface area contributed by atoms with E-state index in [1.54, 1.807) is 25.8 Å². The van der Waals surface area contributed by atoms with Gasteiger partial charge in [0, 0.05) is 23.4 Å². The van der Waals surface area contributed by atoms with Gasteiger partial charge in [0.1, 0.15) is 17.3 Å². The van der Waals surface area contributed by atoms with Crippen molar-refractivity contribution in [2.45, 2.75) is 31.8 Å². The Bertz CT molecular complexity index is 937. The van der Waals surface area contributed by atoms with Crippen LogP contribution in [0.25, 0.3) is 17.1 Å². The minimum Gasteiger partial charge on any atom is -0.497 e. The molecule has 0 radical (unpaired) electrons. The summed E-state index contributed by atoms with van der Waals surface area (Å²) in [5.74, 6) is 3.38. The molecular weight excluding hydrogens is 386 g/mol. The predicted molar refractivity (Wildman–Crippen MR) is 115 cm³/mol. The molecule has 0 spiro atoms. The van der Waals surface area contributed by atoms with E-state index in [9.17, 15) is 4.79 Å². The van der Waals surface area contributed by atoms with Gasteiger partial charge >= 0.3 is 0 Å². The van der Waals surface area contributed by atoms with Gasteiger partial charge in [0.2, 0.25) is 0 Å². The van der Waals surface area contributed by atoms with Crippen molar-refractivity contribution < 1.29 is 14.3 Å². The third kappa shape index (κ3) is 5.38. The molecule has 0 unspecified atom stereocenters. The molecule has 0 bridgehead atoms. The number of benzene rings is 2. The zero-order valence-corrected chi connectivity index (χ0v) is 17.7. The van der Waals surface area contributed by atoms with E-state index in [-0.39, 0.29) is 5.78 Å². The normalized spacial score (nSPS) is 10.7. The molecule has 0 aliphatic carbocycles. The van der Waals surface area contributed by atoms with Crippen LogP contribution in [0.2, 0.25) is 0 Å². The number of aromatic nitrogens is 3. The number of methoxy groups -OCH3 is 1.